The fourth-order valence-corrected chi connectivity index (χ4v) is 3.80. The lowest BCUT2D eigenvalue weighted by Gasteiger charge is -2.22. The van der Waals surface area contributed by atoms with Gasteiger partial charge in [0.25, 0.3) is 5.69 Å². The van der Waals surface area contributed by atoms with Crippen molar-refractivity contribution in [3.63, 3.8) is 0 Å². The lowest BCUT2D eigenvalue weighted by atomic mass is 10.00. The van der Waals surface area contributed by atoms with Crippen molar-refractivity contribution in [2.75, 3.05) is 11.6 Å². The van der Waals surface area contributed by atoms with Gasteiger partial charge in [-0.2, -0.15) is 5.06 Å². The maximum atomic E-state index is 11.7. The van der Waals surface area contributed by atoms with Crippen LogP contribution in [-0.2, 0) is 4.84 Å². The molecule has 0 aliphatic carbocycles. The van der Waals surface area contributed by atoms with Gasteiger partial charge in [0.15, 0.2) is 5.84 Å². The van der Waals surface area contributed by atoms with Crippen LogP contribution in [0.4, 0.5) is 21.9 Å². The second kappa shape index (κ2) is 9.68. The first kappa shape index (κ1) is 23.5. The molecule has 3 aromatic rings. The lowest BCUT2D eigenvalue weighted by molar-refractivity contribution is -0.384. The Labute approximate surface area is 208 Å². The first-order valence-corrected chi connectivity index (χ1v) is 10.8. The monoisotopic (exact) mass is 517 g/mol. The van der Waals surface area contributed by atoms with Gasteiger partial charge >= 0.3 is 6.09 Å². The number of hydrogen-bond acceptors (Lipinski definition) is 7. The van der Waals surface area contributed by atoms with Crippen LogP contribution in [0.5, 0.6) is 0 Å². The zero-order valence-electron chi connectivity index (χ0n) is 17.1. The summed E-state index contributed by atoms with van der Waals surface area (Å²) in [5, 5.41) is 13.4. The molecule has 1 aliphatic heterocycles. The normalized spacial score (nSPS) is 12.7. The minimum Gasteiger partial charge on any atom is -0.333 e. The van der Waals surface area contributed by atoms with Gasteiger partial charge in [-0.05, 0) is 30.3 Å². The summed E-state index contributed by atoms with van der Waals surface area (Å²) in [5.74, 6) is 0.161. The van der Waals surface area contributed by atoms with Gasteiger partial charge in [-0.15, -0.1) is 0 Å². The van der Waals surface area contributed by atoms with E-state index in [9.17, 15) is 14.9 Å². The SMILES string of the molecule is NC(=O)ON(C1=Nc2ccc([N+](=O)[O-])cc2C(c2ccccc2Cl)=NC1)c1ccc(Cl)c(Cl)c1. The molecule has 0 spiro atoms. The Hall–Kier alpha value is -3.66. The van der Waals surface area contributed by atoms with E-state index in [2.05, 4.69) is 9.98 Å². The number of primary amides is 1. The second-order valence-electron chi connectivity index (χ2n) is 6.93. The summed E-state index contributed by atoms with van der Waals surface area (Å²) in [4.78, 5) is 37.0. The highest BCUT2D eigenvalue weighted by Crippen LogP contribution is 2.33. The predicted molar refractivity (Wildman–Crippen MR) is 132 cm³/mol. The molecular formula is C22H14Cl3N5O4. The topological polar surface area (TPSA) is 123 Å². The van der Waals surface area contributed by atoms with Crippen molar-refractivity contribution in [3.05, 3.63) is 97.0 Å². The number of non-ortho nitro benzene ring substituents is 1. The molecule has 0 unspecified atom stereocenters. The van der Waals surface area contributed by atoms with Crippen LogP contribution in [0.15, 0.2) is 70.6 Å². The van der Waals surface area contributed by atoms with Crippen molar-refractivity contribution < 1.29 is 14.6 Å². The zero-order valence-corrected chi connectivity index (χ0v) is 19.4. The summed E-state index contributed by atoms with van der Waals surface area (Å²) in [5.41, 5.74) is 7.11. The summed E-state index contributed by atoms with van der Waals surface area (Å²) >= 11 is 18.5. The zero-order chi connectivity index (χ0) is 24.4. The molecule has 0 bridgehead atoms. The van der Waals surface area contributed by atoms with E-state index in [1.807, 2.05) is 0 Å². The quantitative estimate of drug-likeness (QED) is 0.339. The van der Waals surface area contributed by atoms with E-state index in [1.54, 1.807) is 30.3 Å². The molecule has 1 amide bonds. The average Bonchev–Trinajstić information content (AvgIpc) is 2.98. The Morgan fingerprint density at radius 3 is 2.44 bits per heavy atom. The molecule has 34 heavy (non-hydrogen) atoms. The van der Waals surface area contributed by atoms with Gasteiger partial charge in [-0.25, -0.2) is 9.79 Å². The molecular weight excluding hydrogens is 505 g/mol. The van der Waals surface area contributed by atoms with Crippen molar-refractivity contribution in [2.24, 2.45) is 15.7 Å². The van der Waals surface area contributed by atoms with E-state index in [1.165, 1.54) is 30.3 Å². The molecule has 0 saturated carbocycles. The van der Waals surface area contributed by atoms with Crippen LogP contribution in [0.3, 0.4) is 0 Å². The second-order valence-corrected chi connectivity index (χ2v) is 8.16. The third kappa shape index (κ3) is 4.81. The molecule has 1 aliphatic rings. The molecule has 1 heterocycles. The fourth-order valence-electron chi connectivity index (χ4n) is 3.28. The molecule has 0 fully saturated rings. The van der Waals surface area contributed by atoms with E-state index in [0.717, 1.165) is 5.06 Å². The van der Waals surface area contributed by atoms with Crippen LogP contribution in [0.25, 0.3) is 0 Å². The number of rotatable bonds is 3. The number of aliphatic imine (C=N–C) groups is 2. The summed E-state index contributed by atoms with van der Waals surface area (Å²) in [6.45, 7) is -0.0867. The first-order valence-electron chi connectivity index (χ1n) is 9.63. The molecule has 9 nitrogen and oxygen atoms in total. The summed E-state index contributed by atoms with van der Waals surface area (Å²) in [7, 11) is 0. The summed E-state index contributed by atoms with van der Waals surface area (Å²) < 4.78 is 0. The number of hydrogen-bond donors (Lipinski definition) is 1. The summed E-state index contributed by atoms with van der Waals surface area (Å²) in [6, 6.07) is 15.6. The van der Waals surface area contributed by atoms with E-state index >= 15 is 0 Å². The van der Waals surface area contributed by atoms with Crippen molar-refractivity contribution in [2.45, 2.75) is 0 Å². The number of nitrogens with two attached hydrogens (primary N) is 1. The Morgan fingerprint density at radius 2 is 1.76 bits per heavy atom. The lowest BCUT2D eigenvalue weighted by Crippen LogP contribution is -2.37. The minimum atomic E-state index is -1.10. The van der Waals surface area contributed by atoms with Gasteiger partial charge in [0.05, 0.1) is 32.1 Å². The third-order valence-corrected chi connectivity index (χ3v) is 5.83. The van der Waals surface area contributed by atoms with Crippen LogP contribution in [0.2, 0.25) is 15.1 Å². The maximum Gasteiger partial charge on any atom is 0.429 e. The Balaban J connectivity index is 1.90. The standard InChI is InChI=1S/C22H14Cl3N5O4/c23-16-4-2-1-3-14(16)21-15-9-13(30(32)33)6-8-19(15)28-20(11-27-21)29(34-22(26)31)12-5-7-17(24)18(25)10-12/h1-10H,11H2,(H2,26,31). The van der Waals surface area contributed by atoms with Crippen molar-refractivity contribution >= 4 is 69.5 Å². The van der Waals surface area contributed by atoms with Crippen LogP contribution < -0.4 is 10.8 Å². The number of nitro benzene ring substituents is 1. The van der Waals surface area contributed by atoms with Gasteiger partial charge in [-0.3, -0.25) is 15.1 Å². The van der Waals surface area contributed by atoms with Gasteiger partial charge in [0.1, 0.15) is 6.54 Å². The van der Waals surface area contributed by atoms with Crippen molar-refractivity contribution in [1.82, 2.24) is 0 Å². The number of nitrogens with zero attached hydrogens (tertiary/aromatic N) is 4. The van der Waals surface area contributed by atoms with Crippen molar-refractivity contribution in [1.29, 1.82) is 0 Å². The Morgan fingerprint density at radius 1 is 1.00 bits per heavy atom. The molecule has 2 N–H and O–H groups in total. The number of benzene rings is 3. The van der Waals surface area contributed by atoms with E-state index in [4.69, 9.17) is 45.4 Å². The molecule has 12 heteroatoms. The van der Waals surface area contributed by atoms with Crippen LogP contribution >= 0.6 is 34.8 Å². The number of hydroxylamine groups is 1. The fraction of sp³-hybridized carbons (Fsp3) is 0.0455. The Kier molecular flexibility index (Phi) is 6.69. The number of fused-ring (bicyclic) bond motifs is 1. The molecule has 0 saturated heterocycles. The number of nitro groups is 1. The van der Waals surface area contributed by atoms with Gasteiger partial charge in [0, 0.05) is 28.3 Å². The van der Waals surface area contributed by atoms with Gasteiger partial charge in [-0.1, -0.05) is 53.0 Å². The number of carbonyl (C=O) groups is 1. The minimum absolute atomic E-state index is 0.0867. The van der Waals surface area contributed by atoms with E-state index in [0.29, 0.717) is 38.3 Å². The highest BCUT2D eigenvalue weighted by Gasteiger charge is 2.25. The van der Waals surface area contributed by atoms with Gasteiger partial charge in [0.2, 0.25) is 0 Å². The predicted octanol–water partition coefficient (Wildman–Crippen LogP) is 5.95. The highest BCUT2D eigenvalue weighted by molar-refractivity contribution is 6.42. The molecule has 4 rings (SSSR count). The van der Waals surface area contributed by atoms with Crippen molar-refractivity contribution in [3.8, 4) is 0 Å². The van der Waals surface area contributed by atoms with Crippen LogP contribution in [-0.4, -0.2) is 29.1 Å². The first-order chi connectivity index (χ1) is 16.2. The molecule has 0 aromatic heterocycles. The number of carbonyl (C=O) groups excluding carboxylic acids is 1. The number of halogens is 3. The van der Waals surface area contributed by atoms with Gasteiger partial charge < -0.3 is 10.6 Å². The average molecular weight is 519 g/mol. The Bertz CT molecular complexity index is 1380. The molecule has 172 valence electrons. The largest absolute Gasteiger partial charge is 0.429 e. The smallest absolute Gasteiger partial charge is 0.333 e. The molecule has 0 radical (unpaired) electrons. The third-order valence-electron chi connectivity index (χ3n) is 4.76. The van der Waals surface area contributed by atoms with E-state index < -0.39 is 11.0 Å². The molecule has 3 aromatic carbocycles. The molecule has 0 atom stereocenters. The maximum absolute atomic E-state index is 11.7. The number of amidine groups is 1. The van der Waals surface area contributed by atoms with E-state index in [-0.39, 0.29) is 23.1 Å². The number of amides is 1. The van der Waals surface area contributed by atoms with Crippen LogP contribution in [0.1, 0.15) is 11.1 Å². The van der Waals surface area contributed by atoms with Crippen LogP contribution in [0, 0.1) is 10.1 Å². The number of anilines is 1. The summed E-state index contributed by atoms with van der Waals surface area (Å²) in [6.07, 6.45) is -1.10. The highest BCUT2D eigenvalue weighted by atomic mass is 35.5.